The second kappa shape index (κ2) is 35.3. The van der Waals surface area contributed by atoms with Crippen LogP contribution in [0.5, 0.6) is 0 Å². The lowest BCUT2D eigenvalue weighted by atomic mass is 9.72. The maximum Gasteiger partial charge on any atom is 0.416 e. The van der Waals surface area contributed by atoms with E-state index in [9.17, 15) is 59.8 Å². The van der Waals surface area contributed by atoms with E-state index in [1.807, 2.05) is 122 Å². The van der Waals surface area contributed by atoms with Gasteiger partial charge in [0.2, 0.25) is 5.91 Å². The van der Waals surface area contributed by atoms with Crippen LogP contribution in [0.25, 0.3) is 11.1 Å². The summed E-state index contributed by atoms with van der Waals surface area (Å²) in [7, 11) is 7.28. The maximum atomic E-state index is 14.3. The molecule has 4 aliphatic rings. The van der Waals surface area contributed by atoms with Crippen molar-refractivity contribution in [2.45, 2.75) is 93.5 Å². The number of hydrogen-bond acceptors (Lipinski definition) is 10. The molecule has 1 aliphatic carbocycles. The number of nitrogens with zero attached hydrogens (tertiary/aromatic N) is 8. The number of amides is 5. The molecule has 0 unspecified atom stereocenters. The van der Waals surface area contributed by atoms with Crippen LogP contribution in [0.3, 0.4) is 0 Å². The monoisotopic (exact) mass is 1500 g/mol. The standard InChI is InChI=1S/C78H85F7N8O8.3ClH/c1-86(50-55-21-25-58(26-22-55)72(96)89(4)43-44-90-38-31-65(32-39-90)93(74(98)99)68-18-11-9-16-66(68)56-13-6-5-7-14-56)49-54-19-23-57(24-20-54)71(95)88(3)37-12-36-87(2)70(94)51-100-69-47-59-15-8-10-17-67(59)75(69)33-40-91(41-34-75)42-35-76(61-27-29-64(79)30-28-61)52-92(53-101-76)73(97)60-45-62(77(80,81)82)48-63(46-60)78(83,84)85;;;/h5-11,13-30,45-46,48,65,69H,12,31-44,47,49-53H2,1-4H3,(H,98,99);3*1H/t69-,76+;;;/m0.../s1. The number of alkyl halides is 6. The van der Waals surface area contributed by atoms with Crippen LogP contribution < -0.4 is 4.90 Å². The molecule has 0 saturated carbocycles. The Kier molecular flexibility index (Phi) is 27.7. The van der Waals surface area contributed by atoms with E-state index in [1.54, 1.807) is 35.8 Å². The molecule has 0 aromatic heterocycles. The Balaban J connectivity index is 0.00000456. The van der Waals surface area contributed by atoms with Gasteiger partial charge >= 0.3 is 18.4 Å². The number of hydrogen-bond donors (Lipinski definition) is 1. The second-order valence-electron chi connectivity index (χ2n) is 27.3. The SMILES string of the molecule is CN(Cc1ccc(C(=O)N(C)CCCN(C)C(=O)CO[C@H]2Cc3ccccc3C23CCN(CC[C@]2(c4ccc(F)cc4)CN(C(=O)c4cc(C(F)(F)F)cc(C(F)(F)F)c4)CO2)CC3)cc1)Cc1ccc(C(=O)N(C)CCN2CCC(N(C(=O)O)c3ccccc3-c3ccccc3)CC2)cc1.Cl.Cl.Cl. The van der Waals surface area contributed by atoms with Gasteiger partial charge in [0.05, 0.1) is 29.5 Å². The van der Waals surface area contributed by atoms with Crippen LogP contribution in [0.1, 0.15) is 109 Å². The molecule has 5 amide bonds. The molecule has 1 spiro atoms. The number of anilines is 1. The van der Waals surface area contributed by atoms with Crippen LogP contribution in [0.2, 0.25) is 0 Å². The van der Waals surface area contributed by atoms with E-state index >= 15 is 0 Å². The van der Waals surface area contributed by atoms with E-state index in [2.05, 4.69) is 26.8 Å². The molecule has 7 aromatic carbocycles. The number of rotatable bonds is 24. The number of carboxylic acid groups (broad SMARTS) is 1. The number of likely N-dealkylation sites (tertiary alicyclic amines) is 2. The first-order valence-electron chi connectivity index (χ1n) is 34.2. The zero-order chi connectivity index (χ0) is 71.8. The van der Waals surface area contributed by atoms with E-state index < -0.39 is 64.6 Å². The summed E-state index contributed by atoms with van der Waals surface area (Å²) in [5.41, 5.74) is 2.82. The van der Waals surface area contributed by atoms with Crippen LogP contribution in [0.15, 0.2) is 170 Å². The largest absolute Gasteiger partial charge is 0.465 e. The Labute approximate surface area is 620 Å². The minimum atomic E-state index is -5.15. The Bertz CT molecular complexity index is 4020. The summed E-state index contributed by atoms with van der Waals surface area (Å²) in [6.45, 7) is 5.51. The van der Waals surface area contributed by atoms with Crippen molar-refractivity contribution in [2.24, 2.45) is 0 Å². The van der Waals surface area contributed by atoms with E-state index in [0.717, 1.165) is 51.4 Å². The average Bonchev–Trinajstić information content (AvgIpc) is 1.58. The maximum absolute atomic E-state index is 14.3. The van der Waals surface area contributed by atoms with Crippen LogP contribution in [-0.2, 0) is 57.1 Å². The quantitative estimate of drug-likeness (QED) is 0.0576. The Morgan fingerprint density at radius 2 is 1.14 bits per heavy atom. The summed E-state index contributed by atoms with van der Waals surface area (Å²) in [4.78, 5) is 81.6. The molecule has 558 valence electrons. The summed E-state index contributed by atoms with van der Waals surface area (Å²) < 4.78 is 110. The molecular formula is C78H88Cl3F7N8O8. The van der Waals surface area contributed by atoms with E-state index in [1.165, 1.54) is 29.2 Å². The van der Waals surface area contributed by atoms with Crippen molar-refractivity contribution in [1.29, 1.82) is 0 Å². The predicted molar refractivity (Wildman–Crippen MR) is 391 cm³/mol. The van der Waals surface area contributed by atoms with Gasteiger partial charge in [-0.2, -0.15) is 26.3 Å². The van der Waals surface area contributed by atoms with Gasteiger partial charge in [0.25, 0.3) is 17.7 Å². The highest BCUT2D eigenvalue weighted by atomic mass is 35.5. The number of piperidine rings is 2. The van der Waals surface area contributed by atoms with Crippen molar-refractivity contribution in [3.8, 4) is 11.1 Å². The van der Waals surface area contributed by atoms with Gasteiger partial charge in [0, 0.05) is 114 Å². The summed E-state index contributed by atoms with van der Waals surface area (Å²) in [5.74, 6) is -2.02. The Hall–Kier alpha value is -8.13. The van der Waals surface area contributed by atoms with Gasteiger partial charge in [-0.1, -0.05) is 109 Å². The van der Waals surface area contributed by atoms with Crippen molar-refractivity contribution >= 4 is 72.6 Å². The van der Waals surface area contributed by atoms with Crippen molar-refractivity contribution in [1.82, 2.24) is 34.3 Å². The molecular weight excluding hydrogens is 1420 g/mol. The summed E-state index contributed by atoms with van der Waals surface area (Å²) in [5, 5.41) is 10.4. The van der Waals surface area contributed by atoms with Gasteiger partial charge in [-0.15, -0.1) is 37.2 Å². The lowest BCUT2D eigenvalue weighted by molar-refractivity contribution is -0.143. The molecule has 3 fully saturated rings. The number of carbonyl (C=O) groups excluding carboxylic acids is 4. The number of carbonyl (C=O) groups is 5. The normalized spacial score (nSPS) is 17.5. The third-order valence-electron chi connectivity index (χ3n) is 20.5. The van der Waals surface area contributed by atoms with Crippen LogP contribution in [0, 0.1) is 5.82 Å². The molecule has 0 radical (unpaired) electrons. The molecule has 104 heavy (non-hydrogen) atoms. The van der Waals surface area contributed by atoms with E-state index in [0.29, 0.717) is 132 Å². The number of para-hydroxylation sites is 1. The number of likely N-dealkylation sites (N-methyl/N-ethyl adjacent to an activating group) is 2. The molecule has 2 atom stereocenters. The lowest BCUT2D eigenvalue weighted by Gasteiger charge is -2.44. The molecule has 3 aliphatic heterocycles. The second-order valence-corrected chi connectivity index (χ2v) is 27.3. The van der Waals surface area contributed by atoms with E-state index in [-0.39, 0.29) is 92.7 Å². The van der Waals surface area contributed by atoms with Gasteiger partial charge in [0.15, 0.2) is 0 Å². The fraction of sp³-hybridized carbons (Fsp3) is 0.397. The topological polar surface area (TPSA) is 150 Å². The zero-order valence-corrected chi connectivity index (χ0v) is 60.9. The first-order valence-corrected chi connectivity index (χ1v) is 34.2. The fourth-order valence-electron chi connectivity index (χ4n) is 14.8. The molecule has 3 saturated heterocycles. The minimum absolute atomic E-state index is 0. The smallest absolute Gasteiger partial charge is 0.416 e. The summed E-state index contributed by atoms with van der Waals surface area (Å²) >= 11 is 0. The molecule has 7 aromatic rings. The van der Waals surface area contributed by atoms with Crippen molar-refractivity contribution in [3.63, 3.8) is 0 Å². The third-order valence-corrected chi connectivity index (χ3v) is 20.5. The number of ether oxygens (including phenoxy) is 2. The fourth-order valence-corrected chi connectivity index (χ4v) is 14.8. The first kappa shape index (κ1) is 81.5. The molecule has 3 heterocycles. The number of halogens is 10. The van der Waals surface area contributed by atoms with Crippen molar-refractivity contribution in [2.75, 3.05) is 112 Å². The highest BCUT2D eigenvalue weighted by molar-refractivity contribution is 5.96. The lowest BCUT2D eigenvalue weighted by Crippen LogP contribution is -2.50. The molecule has 1 N–H and O–H groups in total. The van der Waals surface area contributed by atoms with Crippen LogP contribution >= 0.6 is 37.2 Å². The van der Waals surface area contributed by atoms with Gasteiger partial charge in [-0.25, -0.2) is 9.18 Å². The predicted octanol–water partition coefficient (Wildman–Crippen LogP) is 14.5. The van der Waals surface area contributed by atoms with Crippen molar-refractivity contribution in [3.05, 3.63) is 231 Å². The average molecular weight is 1500 g/mol. The number of benzene rings is 7. The summed E-state index contributed by atoms with van der Waals surface area (Å²) in [6, 6.07) is 46.8. The number of fused-ring (bicyclic) bond motifs is 2. The molecule has 16 nitrogen and oxygen atoms in total. The minimum Gasteiger partial charge on any atom is -0.465 e. The van der Waals surface area contributed by atoms with Crippen LogP contribution in [-0.4, -0.2) is 188 Å². The highest BCUT2D eigenvalue weighted by Crippen LogP contribution is 2.49. The molecule has 11 rings (SSSR count). The van der Waals surface area contributed by atoms with E-state index in [4.69, 9.17) is 9.47 Å². The molecule has 26 heteroatoms. The Morgan fingerprint density at radius 3 is 1.73 bits per heavy atom. The van der Waals surface area contributed by atoms with Gasteiger partial charge in [-0.05, 0) is 159 Å². The van der Waals surface area contributed by atoms with Gasteiger partial charge < -0.3 is 44.0 Å². The van der Waals surface area contributed by atoms with Crippen LogP contribution in [0.4, 0.5) is 41.2 Å². The summed E-state index contributed by atoms with van der Waals surface area (Å²) in [6.07, 6.45) is -7.50. The van der Waals surface area contributed by atoms with Gasteiger partial charge in [-0.3, -0.25) is 29.0 Å². The van der Waals surface area contributed by atoms with Crippen molar-refractivity contribution < 1.29 is 69.3 Å². The highest BCUT2D eigenvalue weighted by Gasteiger charge is 2.50. The first-order chi connectivity index (χ1) is 48.3. The third kappa shape index (κ3) is 19.3. The zero-order valence-electron chi connectivity index (χ0n) is 58.4. The molecule has 0 bridgehead atoms. The Morgan fingerprint density at radius 1 is 0.606 bits per heavy atom. The van der Waals surface area contributed by atoms with Gasteiger partial charge in [0.1, 0.15) is 24.8 Å².